The summed E-state index contributed by atoms with van der Waals surface area (Å²) in [5.74, 6) is 0.572. The molecule has 19 heavy (non-hydrogen) atoms. The molecule has 0 radical (unpaired) electrons. The topological polar surface area (TPSA) is 41.1 Å². The second-order valence-electron chi connectivity index (χ2n) is 5.02. The van der Waals surface area contributed by atoms with E-state index in [0.29, 0.717) is 5.92 Å². The molecule has 1 unspecified atom stereocenters. The fraction of sp³-hybridized carbons (Fsp3) is 0.533. The number of nitrogens with one attached hydrogen (secondary N) is 2. The van der Waals surface area contributed by atoms with Crippen LogP contribution < -0.4 is 10.6 Å². The molecule has 2 N–H and O–H groups in total. The van der Waals surface area contributed by atoms with Crippen LogP contribution in [0, 0.1) is 5.92 Å². The molecule has 0 saturated heterocycles. The van der Waals surface area contributed by atoms with E-state index in [4.69, 9.17) is 0 Å². The number of amides is 1. The minimum absolute atomic E-state index is 0. The summed E-state index contributed by atoms with van der Waals surface area (Å²) in [5.41, 5.74) is 0.874. The quantitative estimate of drug-likeness (QED) is 0.890. The van der Waals surface area contributed by atoms with E-state index >= 15 is 0 Å². The highest BCUT2D eigenvalue weighted by Gasteiger charge is 2.27. The van der Waals surface area contributed by atoms with Gasteiger partial charge in [0.2, 0.25) is 5.91 Å². The van der Waals surface area contributed by atoms with E-state index in [0.717, 1.165) is 18.5 Å². The van der Waals surface area contributed by atoms with Gasteiger partial charge in [-0.2, -0.15) is 0 Å². The molecule has 1 fully saturated rings. The highest BCUT2D eigenvalue weighted by molar-refractivity contribution is 5.95. The van der Waals surface area contributed by atoms with Gasteiger partial charge in [0.1, 0.15) is 0 Å². The van der Waals surface area contributed by atoms with Crippen molar-refractivity contribution in [1.29, 1.82) is 0 Å². The van der Waals surface area contributed by atoms with Crippen LogP contribution in [0.5, 0.6) is 0 Å². The van der Waals surface area contributed by atoms with Gasteiger partial charge in [0, 0.05) is 5.69 Å². The second-order valence-corrected chi connectivity index (χ2v) is 5.02. The molecule has 0 aliphatic heterocycles. The smallest absolute Gasteiger partial charge is 0.241 e. The Hall–Kier alpha value is -1.06. The van der Waals surface area contributed by atoms with Gasteiger partial charge in [-0.05, 0) is 37.9 Å². The van der Waals surface area contributed by atoms with Crippen molar-refractivity contribution in [3.63, 3.8) is 0 Å². The van der Waals surface area contributed by atoms with Crippen LogP contribution in [0.1, 0.15) is 32.1 Å². The van der Waals surface area contributed by atoms with Crippen LogP contribution in [0.25, 0.3) is 0 Å². The fourth-order valence-corrected chi connectivity index (χ4v) is 2.79. The van der Waals surface area contributed by atoms with Crippen molar-refractivity contribution < 1.29 is 4.79 Å². The fourth-order valence-electron chi connectivity index (χ4n) is 2.79. The van der Waals surface area contributed by atoms with Gasteiger partial charge in [0.05, 0.1) is 6.04 Å². The predicted molar refractivity (Wildman–Crippen MR) is 81.7 cm³/mol. The maximum Gasteiger partial charge on any atom is 0.241 e. The number of hydrogen-bond donors (Lipinski definition) is 2. The van der Waals surface area contributed by atoms with Crippen molar-refractivity contribution >= 4 is 24.0 Å². The molecule has 1 aromatic carbocycles. The molecule has 3 nitrogen and oxygen atoms in total. The summed E-state index contributed by atoms with van der Waals surface area (Å²) in [6.45, 7) is 0. The first-order chi connectivity index (χ1) is 8.81. The average molecular weight is 283 g/mol. The number of carbonyl (C=O) groups is 1. The lowest BCUT2D eigenvalue weighted by atomic mass is 9.83. The third-order valence-corrected chi connectivity index (χ3v) is 3.76. The summed E-state index contributed by atoms with van der Waals surface area (Å²) < 4.78 is 0. The molecule has 0 spiro atoms. The molecule has 1 aliphatic carbocycles. The Morgan fingerprint density at radius 2 is 1.79 bits per heavy atom. The molecular formula is C15H23ClN2O. The lowest BCUT2D eigenvalue weighted by molar-refractivity contribution is -0.119. The lowest BCUT2D eigenvalue weighted by Crippen LogP contribution is -2.44. The maximum atomic E-state index is 12.3. The highest BCUT2D eigenvalue weighted by atomic mass is 35.5. The number of rotatable bonds is 4. The van der Waals surface area contributed by atoms with Gasteiger partial charge >= 0.3 is 0 Å². The molecule has 106 valence electrons. The lowest BCUT2D eigenvalue weighted by Gasteiger charge is -2.29. The molecule has 1 saturated carbocycles. The van der Waals surface area contributed by atoms with Crippen LogP contribution in [-0.2, 0) is 4.79 Å². The summed E-state index contributed by atoms with van der Waals surface area (Å²) in [4.78, 5) is 12.3. The van der Waals surface area contributed by atoms with E-state index < -0.39 is 0 Å². The molecule has 0 bridgehead atoms. The van der Waals surface area contributed by atoms with Gasteiger partial charge in [-0.1, -0.05) is 37.5 Å². The number of likely N-dealkylation sites (N-methyl/N-ethyl adjacent to an activating group) is 1. The largest absolute Gasteiger partial charge is 0.325 e. The standard InChI is InChI=1S/C15H22N2O.ClH/c1-16-14(12-8-4-2-5-9-12)15(18)17-13-10-6-3-7-11-13;/h3,6-7,10-12,14,16H,2,4-5,8-9H2,1H3,(H,17,18);1H. The third-order valence-electron chi connectivity index (χ3n) is 3.76. The molecule has 2 rings (SSSR count). The van der Waals surface area contributed by atoms with Crippen molar-refractivity contribution in [1.82, 2.24) is 5.32 Å². The number of halogens is 1. The number of benzene rings is 1. The maximum absolute atomic E-state index is 12.3. The zero-order chi connectivity index (χ0) is 12.8. The van der Waals surface area contributed by atoms with E-state index in [2.05, 4.69) is 10.6 Å². The summed E-state index contributed by atoms with van der Waals surface area (Å²) in [6.07, 6.45) is 6.14. The first-order valence-corrected chi connectivity index (χ1v) is 6.84. The Bertz CT molecular complexity index is 377. The first kappa shape index (κ1) is 16.0. The monoisotopic (exact) mass is 282 g/mol. The van der Waals surface area contributed by atoms with Gasteiger partial charge in [-0.25, -0.2) is 0 Å². The van der Waals surface area contributed by atoms with E-state index in [1.165, 1.54) is 19.3 Å². The minimum Gasteiger partial charge on any atom is -0.325 e. The van der Waals surface area contributed by atoms with Crippen molar-refractivity contribution in [3.05, 3.63) is 30.3 Å². The molecule has 4 heteroatoms. The molecular weight excluding hydrogens is 260 g/mol. The van der Waals surface area contributed by atoms with E-state index in [1.54, 1.807) is 0 Å². The number of para-hydroxylation sites is 1. The Morgan fingerprint density at radius 1 is 1.16 bits per heavy atom. The van der Waals surface area contributed by atoms with Crippen LogP contribution in [-0.4, -0.2) is 19.0 Å². The van der Waals surface area contributed by atoms with Gasteiger partial charge in [-0.3, -0.25) is 4.79 Å². The Labute approximate surface area is 121 Å². The number of carbonyl (C=O) groups excluding carboxylic acids is 1. The Kier molecular flexibility index (Phi) is 6.89. The van der Waals surface area contributed by atoms with E-state index in [9.17, 15) is 4.79 Å². The average Bonchev–Trinajstić information content (AvgIpc) is 2.42. The molecule has 0 aromatic heterocycles. The summed E-state index contributed by atoms with van der Waals surface area (Å²) in [5, 5.41) is 6.17. The zero-order valence-corrected chi connectivity index (χ0v) is 12.2. The minimum atomic E-state index is -0.0643. The van der Waals surface area contributed by atoms with Crippen molar-refractivity contribution in [3.8, 4) is 0 Å². The molecule has 0 heterocycles. The first-order valence-electron chi connectivity index (χ1n) is 6.84. The van der Waals surface area contributed by atoms with Crippen molar-refractivity contribution in [2.75, 3.05) is 12.4 Å². The third kappa shape index (κ3) is 4.51. The molecule has 1 atom stereocenters. The van der Waals surface area contributed by atoms with Crippen LogP contribution >= 0.6 is 12.4 Å². The van der Waals surface area contributed by atoms with Gasteiger partial charge < -0.3 is 10.6 Å². The summed E-state index contributed by atoms with van der Waals surface area (Å²) in [7, 11) is 1.88. The van der Waals surface area contributed by atoms with Crippen LogP contribution in [0.4, 0.5) is 5.69 Å². The van der Waals surface area contributed by atoms with Gasteiger partial charge in [0.25, 0.3) is 0 Å². The molecule has 1 aliphatic rings. The number of hydrogen-bond acceptors (Lipinski definition) is 2. The zero-order valence-electron chi connectivity index (χ0n) is 11.4. The van der Waals surface area contributed by atoms with Crippen molar-refractivity contribution in [2.24, 2.45) is 5.92 Å². The molecule has 1 amide bonds. The van der Waals surface area contributed by atoms with Gasteiger partial charge in [0.15, 0.2) is 0 Å². The Balaban J connectivity index is 0.00000180. The molecule has 1 aromatic rings. The SMILES string of the molecule is CNC(C(=O)Nc1ccccc1)C1CCCCC1.Cl. The van der Waals surface area contributed by atoms with Crippen LogP contribution in [0.3, 0.4) is 0 Å². The van der Waals surface area contributed by atoms with E-state index in [-0.39, 0.29) is 24.4 Å². The number of anilines is 1. The predicted octanol–water partition coefficient (Wildman–Crippen LogP) is 3.22. The van der Waals surface area contributed by atoms with Crippen molar-refractivity contribution in [2.45, 2.75) is 38.1 Å². The highest BCUT2D eigenvalue weighted by Crippen LogP contribution is 2.27. The summed E-state index contributed by atoms with van der Waals surface area (Å²) >= 11 is 0. The van der Waals surface area contributed by atoms with E-state index in [1.807, 2.05) is 37.4 Å². The second kappa shape index (κ2) is 8.18. The van der Waals surface area contributed by atoms with Crippen LogP contribution in [0.15, 0.2) is 30.3 Å². The normalized spacial score (nSPS) is 17.3. The van der Waals surface area contributed by atoms with Gasteiger partial charge in [-0.15, -0.1) is 12.4 Å². The summed E-state index contributed by atoms with van der Waals surface area (Å²) in [6, 6.07) is 9.60. The van der Waals surface area contributed by atoms with Crippen LogP contribution in [0.2, 0.25) is 0 Å². The Morgan fingerprint density at radius 3 is 2.37 bits per heavy atom.